The van der Waals surface area contributed by atoms with E-state index in [0.717, 1.165) is 23.8 Å². The van der Waals surface area contributed by atoms with Crippen LogP contribution in [0.4, 0.5) is 0 Å². The van der Waals surface area contributed by atoms with Crippen LogP contribution in [0, 0.1) is 5.92 Å². The zero-order valence-electron chi connectivity index (χ0n) is 14.9. The van der Waals surface area contributed by atoms with Crippen molar-refractivity contribution in [2.24, 2.45) is 11.7 Å². The van der Waals surface area contributed by atoms with Crippen LogP contribution < -0.4 is 11.1 Å². The number of nitrogens with one attached hydrogen (secondary N) is 1. The summed E-state index contributed by atoms with van der Waals surface area (Å²) in [4.78, 5) is 26.8. The van der Waals surface area contributed by atoms with Crippen molar-refractivity contribution >= 4 is 35.2 Å². The van der Waals surface area contributed by atoms with Crippen molar-refractivity contribution in [2.75, 3.05) is 26.2 Å². The van der Waals surface area contributed by atoms with Gasteiger partial charge in [0, 0.05) is 31.6 Å². The zero-order chi connectivity index (χ0) is 17.8. The van der Waals surface area contributed by atoms with E-state index in [9.17, 15) is 9.59 Å². The molecule has 142 valence electrons. The van der Waals surface area contributed by atoms with E-state index in [2.05, 4.69) is 5.32 Å². The number of likely N-dealkylation sites (tertiary alicyclic amines) is 1. The number of para-hydroxylation sites is 1. The monoisotopic (exact) mass is 379 g/mol. The summed E-state index contributed by atoms with van der Waals surface area (Å²) in [6.07, 6.45) is 1.64. The van der Waals surface area contributed by atoms with Gasteiger partial charge in [-0.2, -0.15) is 0 Å². The van der Waals surface area contributed by atoms with Crippen LogP contribution in [-0.2, 0) is 9.59 Å². The largest absolute Gasteiger partial charge is 0.460 e. The second kappa shape index (κ2) is 9.05. The lowest BCUT2D eigenvalue weighted by Crippen LogP contribution is -2.47. The zero-order valence-corrected chi connectivity index (χ0v) is 15.8. The summed E-state index contributed by atoms with van der Waals surface area (Å²) in [6.45, 7) is 3.89. The minimum atomic E-state index is -0.363. The number of hydrogen-bond acceptors (Lipinski definition) is 4. The number of nitrogens with two attached hydrogens (primary N) is 1. The molecule has 26 heavy (non-hydrogen) atoms. The first-order chi connectivity index (χ1) is 12.1. The molecule has 2 aromatic rings. The summed E-state index contributed by atoms with van der Waals surface area (Å²) in [5, 5.41) is 3.81. The third-order valence-corrected chi connectivity index (χ3v) is 4.79. The molecule has 2 amide bonds. The van der Waals surface area contributed by atoms with Gasteiger partial charge in [-0.15, -0.1) is 12.4 Å². The summed E-state index contributed by atoms with van der Waals surface area (Å²) >= 11 is 0. The van der Waals surface area contributed by atoms with Crippen LogP contribution in [0.15, 0.2) is 34.7 Å². The summed E-state index contributed by atoms with van der Waals surface area (Å²) in [5.41, 5.74) is 6.22. The topological polar surface area (TPSA) is 88.6 Å². The highest BCUT2D eigenvalue weighted by Gasteiger charge is 2.31. The molecule has 1 saturated heterocycles. The van der Waals surface area contributed by atoms with E-state index in [4.69, 9.17) is 10.2 Å². The minimum Gasteiger partial charge on any atom is -0.460 e. The van der Waals surface area contributed by atoms with Gasteiger partial charge in [0.25, 0.3) is 0 Å². The Kier molecular flexibility index (Phi) is 7.06. The number of nitrogens with zero attached hydrogens (tertiary/aromatic N) is 1. The van der Waals surface area contributed by atoms with Gasteiger partial charge in [0.1, 0.15) is 11.3 Å². The molecule has 2 heterocycles. The number of piperidine rings is 1. The van der Waals surface area contributed by atoms with Crippen LogP contribution in [0.5, 0.6) is 0 Å². The van der Waals surface area contributed by atoms with Gasteiger partial charge in [0.2, 0.25) is 11.8 Å². The minimum absolute atomic E-state index is 0. The van der Waals surface area contributed by atoms with Crippen LogP contribution in [0.3, 0.4) is 0 Å². The van der Waals surface area contributed by atoms with Crippen LogP contribution in [0.25, 0.3) is 11.0 Å². The second-order valence-electron chi connectivity index (χ2n) is 6.61. The van der Waals surface area contributed by atoms with E-state index in [0.29, 0.717) is 31.9 Å². The number of fused-ring (bicyclic) bond motifs is 1. The van der Waals surface area contributed by atoms with Gasteiger partial charge in [-0.3, -0.25) is 9.59 Å². The van der Waals surface area contributed by atoms with Crippen molar-refractivity contribution < 1.29 is 14.0 Å². The highest BCUT2D eigenvalue weighted by atomic mass is 35.5. The average Bonchev–Trinajstić information content (AvgIpc) is 3.09. The van der Waals surface area contributed by atoms with Gasteiger partial charge in [-0.1, -0.05) is 18.2 Å². The Balaban J connectivity index is 0.00000243. The molecule has 2 unspecified atom stereocenters. The maximum atomic E-state index is 12.9. The van der Waals surface area contributed by atoms with Crippen molar-refractivity contribution in [3.05, 3.63) is 36.1 Å². The lowest BCUT2D eigenvalue weighted by molar-refractivity contribution is -0.137. The fourth-order valence-electron chi connectivity index (χ4n) is 3.34. The maximum Gasteiger partial charge on any atom is 0.233 e. The Bertz CT molecular complexity index is 728. The number of rotatable bonds is 5. The molecule has 0 saturated carbocycles. The molecule has 1 aromatic heterocycles. The summed E-state index contributed by atoms with van der Waals surface area (Å²) in [5.74, 6) is 0.140. The molecule has 3 N–H and O–H groups in total. The number of carbonyl (C=O) groups excluding carboxylic acids is 2. The standard InChI is InChI=1S/C19H25N3O3.ClH/c1-13(17-11-14-5-2-3-7-16(14)25-17)19(24)22-10-4-6-15(12-22)18(23)21-9-8-20;/h2-3,5,7,11,13,15H,4,6,8-10,12,20H2,1H3,(H,21,23);1H. The number of hydrogen-bond donors (Lipinski definition) is 2. The Hall–Kier alpha value is -2.05. The maximum absolute atomic E-state index is 12.9. The van der Waals surface area contributed by atoms with Crippen LogP contribution in [0.2, 0.25) is 0 Å². The molecule has 0 spiro atoms. The molecule has 1 aliphatic rings. The van der Waals surface area contributed by atoms with E-state index < -0.39 is 0 Å². The smallest absolute Gasteiger partial charge is 0.233 e. The van der Waals surface area contributed by atoms with E-state index in [1.807, 2.05) is 37.3 Å². The fourth-order valence-corrected chi connectivity index (χ4v) is 3.34. The first kappa shape index (κ1) is 20.3. The first-order valence-corrected chi connectivity index (χ1v) is 8.85. The van der Waals surface area contributed by atoms with Crippen LogP contribution in [-0.4, -0.2) is 42.9 Å². The summed E-state index contributed by atoms with van der Waals surface area (Å²) in [6, 6.07) is 9.65. The van der Waals surface area contributed by atoms with Crippen LogP contribution >= 0.6 is 12.4 Å². The van der Waals surface area contributed by atoms with Gasteiger partial charge < -0.3 is 20.4 Å². The van der Waals surface area contributed by atoms with Gasteiger partial charge in [-0.25, -0.2) is 0 Å². The van der Waals surface area contributed by atoms with Gasteiger partial charge >= 0.3 is 0 Å². The first-order valence-electron chi connectivity index (χ1n) is 8.85. The Morgan fingerprint density at radius 3 is 2.88 bits per heavy atom. The lowest BCUT2D eigenvalue weighted by Gasteiger charge is -2.33. The number of halogens is 1. The number of benzene rings is 1. The Labute approximate surface area is 159 Å². The molecule has 2 atom stereocenters. The van der Waals surface area contributed by atoms with Crippen LogP contribution in [0.1, 0.15) is 31.4 Å². The van der Waals surface area contributed by atoms with Gasteiger partial charge in [0.05, 0.1) is 11.8 Å². The molecule has 0 radical (unpaired) electrons. The Morgan fingerprint density at radius 1 is 1.38 bits per heavy atom. The SMILES string of the molecule is CC(C(=O)N1CCCC(C(=O)NCCN)C1)c1cc2ccccc2o1.Cl. The van der Waals surface area contributed by atoms with Crippen molar-refractivity contribution in [1.82, 2.24) is 10.2 Å². The van der Waals surface area contributed by atoms with Gasteiger partial charge in [0.15, 0.2) is 0 Å². The number of furan rings is 1. The third-order valence-electron chi connectivity index (χ3n) is 4.79. The van der Waals surface area contributed by atoms with Crippen molar-refractivity contribution in [1.29, 1.82) is 0 Å². The summed E-state index contributed by atoms with van der Waals surface area (Å²) in [7, 11) is 0. The molecular weight excluding hydrogens is 354 g/mol. The fraction of sp³-hybridized carbons (Fsp3) is 0.474. The second-order valence-corrected chi connectivity index (χ2v) is 6.61. The van der Waals surface area contributed by atoms with E-state index in [1.165, 1.54) is 0 Å². The molecular formula is C19H26ClN3O3. The quantitative estimate of drug-likeness (QED) is 0.834. The predicted molar refractivity (Wildman–Crippen MR) is 103 cm³/mol. The predicted octanol–water partition coefficient (Wildman–Crippen LogP) is 2.27. The van der Waals surface area contributed by atoms with Crippen molar-refractivity contribution in [3.63, 3.8) is 0 Å². The van der Waals surface area contributed by atoms with E-state index in [-0.39, 0.29) is 36.1 Å². The van der Waals surface area contributed by atoms with E-state index >= 15 is 0 Å². The number of carbonyl (C=O) groups is 2. The molecule has 7 heteroatoms. The molecule has 6 nitrogen and oxygen atoms in total. The van der Waals surface area contributed by atoms with Gasteiger partial charge in [-0.05, 0) is 31.9 Å². The Morgan fingerprint density at radius 2 is 2.15 bits per heavy atom. The number of amides is 2. The van der Waals surface area contributed by atoms with E-state index in [1.54, 1.807) is 4.90 Å². The highest BCUT2D eigenvalue weighted by Crippen LogP contribution is 2.28. The summed E-state index contributed by atoms with van der Waals surface area (Å²) < 4.78 is 5.83. The normalized spacial score (nSPS) is 18.2. The molecule has 1 aliphatic heterocycles. The van der Waals surface area contributed by atoms with Crippen molar-refractivity contribution in [2.45, 2.75) is 25.7 Å². The molecule has 1 aromatic carbocycles. The molecule has 3 rings (SSSR count). The molecule has 0 aliphatic carbocycles. The van der Waals surface area contributed by atoms with Crippen molar-refractivity contribution in [3.8, 4) is 0 Å². The third kappa shape index (κ3) is 4.37. The molecule has 1 fully saturated rings. The lowest BCUT2D eigenvalue weighted by atomic mass is 9.95. The molecule has 0 bridgehead atoms. The highest BCUT2D eigenvalue weighted by molar-refractivity contribution is 5.86. The average molecular weight is 380 g/mol.